The van der Waals surface area contributed by atoms with Crippen LogP contribution in [0.25, 0.3) is 0 Å². The molecule has 0 aliphatic heterocycles. The topological polar surface area (TPSA) is 109 Å². The van der Waals surface area contributed by atoms with Gasteiger partial charge in [-0.25, -0.2) is 9.59 Å². The summed E-state index contributed by atoms with van der Waals surface area (Å²) < 4.78 is 24.6. The molecule has 0 bridgehead atoms. The molecule has 0 amide bonds. The summed E-state index contributed by atoms with van der Waals surface area (Å²) in [6.07, 6.45) is 0. The van der Waals surface area contributed by atoms with Crippen LogP contribution in [0.15, 0.2) is 58.3 Å². The summed E-state index contributed by atoms with van der Waals surface area (Å²) in [6.45, 7) is 0. The summed E-state index contributed by atoms with van der Waals surface area (Å²) in [6, 6.07) is 11.8. The van der Waals surface area contributed by atoms with E-state index in [9.17, 15) is 18.0 Å². The number of rotatable bonds is 7. The van der Waals surface area contributed by atoms with Crippen LogP contribution in [0.5, 0.6) is 0 Å². The fourth-order valence-electron chi connectivity index (χ4n) is 2.06. The van der Waals surface area contributed by atoms with E-state index in [0.717, 1.165) is 0 Å². The third-order valence-corrected chi connectivity index (χ3v) is 6.28. The molecule has 0 radical (unpaired) electrons. The minimum absolute atomic E-state index is 0.0368. The zero-order valence-corrected chi connectivity index (χ0v) is 14.0. The van der Waals surface area contributed by atoms with Crippen LogP contribution < -0.4 is 0 Å². The molecule has 2 unspecified atom stereocenters. The molecule has 0 aliphatic carbocycles. The summed E-state index contributed by atoms with van der Waals surface area (Å²) in [4.78, 5) is 22.6. The van der Waals surface area contributed by atoms with Crippen LogP contribution in [0.3, 0.4) is 0 Å². The Morgan fingerprint density at radius 1 is 0.708 bits per heavy atom. The first-order valence-corrected chi connectivity index (χ1v) is 9.47. The Bertz CT molecular complexity index is 761. The van der Waals surface area contributed by atoms with E-state index in [0.29, 0.717) is 0 Å². The van der Waals surface area contributed by atoms with Crippen molar-refractivity contribution >= 4 is 33.5 Å². The van der Waals surface area contributed by atoms with E-state index in [-0.39, 0.29) is 32.4 Å². The van der Waals surface area contributed by atoms with Gasteiger partial charge in [0.2, 0.25) is 0 Å². The van der Waals surface area contributed by atoms with Gasteiger partial charge in [-0.15, -0.1) is 0 Å². The number of hydrogen-bond acceptors (Lipinski definition) is 4. The van der Waals surface area contributed by atoms with Crippen molar-refractivity contribution in [3.05, 3.63) is 59.7 Å². The van der Waals surface area contributed by atoms with Gasteiger partial charge in [0.15, 0.2) is 0 Å². The fraction of sp³-hybridized carbons (Fsp3) is 0.125. The lowest BCUT2D eigenvalue weighted by atomic mass is 10.2. The minimum Gasteiger partial charge on any atom is -0.478 e. The molecule has 0 saturated carbocycles. The fourth-order valence-corrected chi connectivity index (χ4v) is 4.97. The van der Waals surface area contributed by atoms with E-state index in [4.69, 9.17) is 10.2 Å². The number of carbonyl (C=O) groups is 2. The minimum atomic E-state index is -1.65. The van der Waals surface area contributed by atoms with Gasteiger partial charge in [0.05, 0.1) is 42.5 Å². The van der Waals surface area contributed by atoms with Gasteiger partial charge >= 0.3 is 11.9 Å². The Hall–Kier alpha value is -2.32. The van der Waals surface area contributed by atoms with Crippen molar-refractivity contribution in [2.45, 2.75) is 9.79 Å². The molecule has 6 nitrogen and oxygen atoms in total. The zero-order valence-electron chi connectivity index (χ0n) is 12.4. The lowest BCUT2D eigenvalue weighted by Crippen LogP contribution is -2.13. The van der Waals surface area contributed by atoms with Crippen molar-refractivity contribution in [3.8, 4) is 0 Å². The average molecular weight is 366 g/mol. The highest BCUT2D eigenvalue weighted by Crippen LogP contribution is 2.17. The average Bonchev–Trinajstić information content (AvgIpc) is 2.59. The molecule has 0 fully saturated rings. The lowest BCUT2D eigenvalue weighted by Gasteiger charge is -2.08. The van der Waals surface area contributed by atoms with Crippen molar-refractivity contribution < 1.29 is 28.2 Å². The largest absolute Gasteiger partial charge is 0.478 e. The second kappa shape index (κ2) is 7.98. The highest BCUT2D eigenvalue weighted by atomic mass is 32.2. The molecule has 2 N–H and O–H groups in total. The molecule has 0 aliphatic rings. The summed E-state index contributed by atoms with van der Waals surface area (Å²) in [5.41, 5.74) is -0.125. The van der Waals surface area contributed by atoms with Gasteiger partial charge in [-0.1, -0.05) is 24.3 Å². The normalized spacial score (nSPS) is 13.2. The maximum absolute atomic E-state index is 12.3. The Balaban J connectivity index is 2.14. The molecule has 2 rings (SSSR count). The van der Waals surface area contributed by atoms with Gasteiger partial charge in [0.25, 0.3) is 0 Å². The van der Waals surface area contributed by atoms with Crippen LogP contribution in [0, 0.1) is 0 Å². The zero-order chi connectivity index (χ0) is 17.7. The maximum Gasteiger partial charge on any atom is 0.336 e. The van der Waals surface area contributed by atoms with Gasteiger partial charge in [0.1, 0.15) is 0 Å². The molecule has 2 aromatic carbocycles. The second-order valence-electron chi connectivity index (χ2n) is 4.70. The van der Waals surface area contributed by atoms with Gasteiger partial charge in [-0.3, -0.25) is 8.42 Å². The van der Waals surface area contributed by atoms with Crippen LogP contribution in [-0.4, -0.2) is 42.1 Å². The standard InChI is InChI=1S/C16H14O6S2/c17-15(18)11-5-1-3-7-13(11)23(21)9-10-24(22)14-8-4-2-6-12(14)16(19)20/h1-8H,9-10H2,(H,17,18)(H,19,20). The van der Waals surface area contributed by atoms with E-state index in [1.54, 1.807) is 12.1 Å². The van der Waals surface area contributed by atoms with Crippen molar-refractivity contribution in [2.75, 3.05) is 11.5 Å². The lowest BCUT2D eigenvalue weighted by molar-refractivity contribution is 0.0682. The van der Waals surface area contributed by atoms with Crippen molar-refractivity contribution in [3.63, 3.8) is 0 Å². The van der Waals surface area contributed by atoms with Crippen LogP contribution in [0.4, 0.5) is 0 Å². The Kier molecular flexibility index (Phi) is 5.99. The quantitative estimate of drug-likeness (QED) is 0.776. The molecule has 24 heavy (non-hydrogen) atoms. The summed E-state index contributed by atoms with van der Waals surface area (Å²) in [7, 11) is -3.30. The summed E-state index contributed by atoms with van der Waals surface area (Å²) >= 11 is 0. The molecule has 0 aromatic heterocycles. The highest BCUT2D eigenvalue weighted by molar-refractivity contribution is 7.89. The molecule has 126 valence electrons. The van der Waals surface area contributed by atoms with E-state index in [2.05, 4.69) is 0 Å². The molecular weight excluding hydrogens is 352 g/mol. The van der Waals surface area contributed by atoms with Crippen LogP contribution in [0.1, 0.15) is 20.7 Å². The Labute approximate surface area is 143 Å². The van der Waals surface area contributed by atoms with Crippen LogP contribution in [-0.2, 0) is 21.6 Å². The third-order valence-electron chi connectivity index (χ3n) is 3.18. The second-order valence-corrected chi connectivity index (χ2v) is 7.78. The van der Waals surface area contributed by atoms with Gasteiger partial charge in [-0.2, -0.15) is 0 Å². The SMILES string of the molecule is O=C(O)c1ccccc1S(=O)CCS(=O)c1ccccc1C(=O)O. The summed E-state index contributed by atoms with van der Waals surface area (Å²) in [5, 5.41) is 18.2. The first-order chi connectivity index (χ1) is 11.4. The number of hydrogen-bond donors (Lipinski definition) is 2. The molecule has 0 heterocycles. The predicted octanol–water partition coefficient (Wildman–Crippen LogP) is 2.00. The molecule has 8 heteroatoms. The van der Waals surface area contributed by atoms with Crippen molar-refractivity contribution in [2.24, 2.45) is 0 Å². The molecular formula is C16H14O6S2. The molecule has 0 spiro atoms. The van der Waals surface area contributed by atoms with Crippen LogP contribution in [0.2, 0.25) is 0 Å². The first kappa shape index (κ1) is 18.0. The molecule has 2 atom stereocenters. The van der Waals surface area contributed by atoms with E-state index in [1.807, 2.05) is 0 Å². The highest BCUT2D eigenvalue weighted by Gasteiger charge is 2.18. The predicted molar refractivity (Wildman–Crippen MR) is 89.4 cm³/mol. The Morgan fingerprint density at radius 2 is 1.04 bits per heavy atom. The Morgan fingerprint density at radius 3 is 1.38 bits per heavy atom. The van der Waals surface area contributed by atoms with Gasteiger partial charge < -0.3 is 10.2 Å². The van der Waals surface area contributed by atoms with E-state index >= 15 is 0 Å². The third kappa shape index (κ3) is 4.15. The number of carboxylic acids is 2. The monoisotopic (exact) mass is 366 g/mol. The van der Waals surface area contributed by atoms with E-state index < -0.39 is 33.5 Å². The first-order valence-electron chi connectivity index (χ1n) is 6.83. The van der Waals surface area contributed by atoms with E-state index in [1.165, 1.54) is 36.4 Å². The van der Waals surface area contributed by atoms with Gasteiger partial charge in [-0.05, 0) is 24.3 Å². The smallest absolute Gasteiger partial charge is 0.336 e. The van der Waals surface area contributed by atoms with Crippen molar-refractivity contribution in [1.82, 2.24) is 0 Å². The summed E-state index contributed by atoms with van der Waals surface area (Å²) in [5.74, 6) is -2.44. The number of aromatic carboxylic acids is 2. The number of carboxylic acid groups (broad SMARTS) is 2. The number of benzene rings is 2. The van der Waals surface area contributed by atoms with Gasteiger partial charge in [0, 0.05) is 11.5 Å². The van der Waals surface area contributed by atoms with Crippen LogP contribution >= 0.6 is 0 Å². The molecule has 2 aromatic rings. The molecule has 0 saturated heterocycles. The maximum atomic E-state index is 12.3. The van der Waals surface area contributed by atoms with Crippen molar-refractivity contribution in [1.29, 1.82) is 0 Å².